The van der Waals surface area contributed by atoms with E-state index in [9.17, 15) is 9.59 Å². The molecule has 8 nitrogen and oxygen atoms in total. The number of carbonyl (C=O) groups is 2. The standard InChI is InChI=1S/C16H17N5O3/c1-10-12-8-11(9-18-15(12)21-20-10)19-14(22)5-2-6-17-16(23)13-4-3-7-24-13/h3-4,7-9H,2,5-6H2,1H3,(H,17,23)(H,19,22)(H,18,20,21). The highest BCUT2D eigenvalue weighted by molar-refractivity contribution is 5.93. The molecule has 8 heteroatoms. The van der Waals surface area contributed by atoms with E-state index in [4.69, 9.17) is 4.42 Å². The van der Waals surface area contributed by atoms with Crippen molar-refractivity contribution in [2.24, 2.45) is 0 Å². The first kappa shape index (κ1) is 15.7. The summed E-state index contributed by atoms with van der Waals surface area (Å²) in [4.78, 5) is 27.8. The number of fused-ring (bicyclic) bond motifs is 1. The lowest BCUT2D eigenvalue weighted by molar-refractivity contribution is -0.116. The minimum absolute atomic E-state index is 0.135. The van der Waals surface area contributed by atoms with E-state index in [0.717, 1.165) is 11.1 Å². The number of rotatable bonds is 6. The van der Waals surface area contributed by atoms with Crippen LogP contribution in [0.5, 0.6) is 0 Å². The van der Waals surface area contributed by atoms with Gasteiger partial charge in [-0.1, -0.05) is 0 Å². The predicted molar refractivity (Wildman–Crippen MR) is 87.5 cm³/mol. The highest BCUT2D eigenvalue weighted by Gasteiger charge is 2.09. The lowest BCUT2D eigenvalue weighted by Gasteiger charge is -2.06. The van der Waals surface area contributed by atoms with Crippen LogP contribution in [0.2, 0.25) is 0 Å². The normalized spacial score (nSPS) is 10.7. The minimum atomic E-state index is -0.287. The Morgan fingerprint density at radius 2 is 2.25 bits per heavy atom. The smallest absolute Gasteiger partial charge is 0.286 e. The molecule has 0 spiro atoms. The Bertz CT molecular complexity index is 854. The van der Waals surface area contributed by atoms with E-state index < -0.39 is 0 Å². The monoisotopic (exact) mass is 327 g/mol. The summed E-state index contributed by atoms with van der Waals surface area (Å²) in [6.45, 7) is 2.29. The molecule has 3 aromatic rings. The number of amides is 2. The van der Waals surface area contributed by atoms with E-state index in [-0.39, 0.29) is 17.6 Å². The van der Waals surface area contributed by atoms with Crippen molar-refractivity contribution in [1.82, 2.24) is 20.5 Å². The maximum atomic E-state index is 12.0. The molecule has 2 amide bonds. The van der Waals surface area contributed by atoms with Gasteiger partial charge in [0.05, 0.1) is 18.1 Å². The van der Waals surface area contributed by atoms with Gasteiger partial charge >= 0.3 is 0 Å². The van der Waals surface area contributed by atoms with Gasteiger partial charge < -0.3 is 15.1 Å². The van der Waals surface area contributed by atoms with Crippen molar-refractivity contribution in [3.63, 3.8) is 0 Å². The molecule has 124 valence electrons. The molecular formula is C16H17N5O3. The molecule has 0 fully saturated rings. The summed E-state index contributed by atoms with van der Waals surface area (Å²) in [5.74, 6) is -0.163. The first-order valence-electron chi connectivity index (χ1n) is 7.56. The lowest BCUT2D eigenvalue weighted by Crippen LogP contribution is -2.25. The number of nitrogens with one attached hydrogen (secondary N) is 3. The number of furan rings is 1. The second kappa shape index (κ2) is 6.95. The van der Waals surface area contributed by atoms with Crippen molar-refractivity contribution in [3.05, 3.63) is 42.1 Å². The predicted octanol–water partition coefficient (Wildman–Crippen LogP) is 2.01. The fourth-order valence-corrected chi connectivity index (χ4v) is 2.26. The summed E-state index contributed by atoms with van der Waals surface area (Å²) < 4.78 is 4.98. The van der Waals surface area contributed by atoms with Gasteiger partial charge in [0, 0.05) is 24.0 Å². The van der Waals surface area contributed by atoms with Crippen LogP contribution < -0.4 is 10.6 Å². The summed E-state index contributed by atoms with van der Waals surface area (Å²) >= 11 is 0. The zero-order valence-electron chi connectivity index (χ0n) is 13.1. The van der Waals surface area contributed by atoms with Crippen LogP contribution in [0.4, 0.5) is 5.69 Å². The van der Waals surface area contributed by atoms with Crippen molar-refractivity contribution < 1.29 is 14.0 Å². The molecule has 0 atom stereocenters. The van der Waals surface area contributed by atoms with Gasteiger partial charge in [0.2, 0.25) is 5.91 Å². The summed E-state index contributed by atoms with van der Waals surface area (Å²) in [5.41, 5.74) is 2.14. The SMILES string of the molecule is Cc1[nH]nc2ncc(NC(=O)CCCNC(=O)c3ccco3)cc12. The maximum absolute atomic E-state index is 12.0. The van der Waals surface area contributed by atoms with Gasteiger partial charge in [-0.2, -0.15) is 5.10 Å². The van der Waals surface area contributed by atoms with Gasteiger partial charge in [0.15, 0.2) is 11.4 Å². The van der Waals surface area contributed by atoms with E-state index in [1.807, 2.05) is 13.0 Å². The van der Waals surface area contributed by atoms with Gasteiger partial charge in [-0.15, -0.1) is 0 Å². The zero-order valence-corrected chi connectivity index (χ0v) is 13.1. The number of hydrogen-bond acceptors (Lipinski definition) is 5. The summed E-state index contributed by atoms with van der Waals surface area (Å²) in [6.07, 6.45) is 3.83. The van der Waals surface area contributed by atoms with E-state index in [1.54, 1.807) is 18.3 Å². The Kier molecular flexibility index (Phi) is 4.55. The average Bonchev–Trinajstić information content (AvgIpc) is 3.22. The highest BCUT2D eigenvalue weighted by atomic mass is 16.3. The third-order valence-corrected chi connectivity index (χ3v) is 3.50. The molecule has 0 aromatic carbocycles. The summed E-state index contributed by atoms with van der Waals surface area (Å²) in [5, 5.41) is 13.2. The first-order chi connectivity index (χ1) is 11.6. The maximum Gasteiger partial charge on any atom is 0.286 e. The fraction of sp³-hybridized carbons (Fsp3) is 0.250. The van der Waals surface area contributed by atoms with E-state index in [2.05, 4.69) is 25.8 Å². The number of pyridine rings is 1. The van der Waals surface area contributed by atoms with Crippen molar-refractivity contribution in [3.8, 4) is 0 Å². The van der Waals surface area contributed by atoms with Crippen LogP contribution in [0.1, 0.15) is 29.1 Å². The number of hydrogen-bond donors (Lipinski definition) is 3. The second-order valence-corrected chi connectivity index (χ2v) is 5.33. The van der Waals surface area contributed by atoms with E-state index in [0.29, 0.717) is 30.7 Å². The minimum Gasteiger partial charge on any atom is -0.459 e. The Balaban J connectivity index is 1.45. The van der Waals surface area contributed by atoms with Crippen LogP contribution in [0.25, 0.3) is 11.0 Å². The number of aryl methyl sites for hydroxylation is 1. The number of H-pyrrole nitrogens is 1. The fourth-order valence-electron chi connectivity index (χ4n) is 2.26. The quantitative estimate of drug-likeness (QED) is 0.599. The molecule has 0 aliphatic heterocycles. The second-order valence-electron chi connectivity index (χ2n) is 5.33. The highest BCUT2D eigenvalue weighted by Crippen LogP contribution is 2.17. The number of anilines is 1. The van der Waals surface area contributed by atoms with E-state index >= 15 is 0 Å². The molecule has 3 rings (SSSR count). The van der Waals surface area contributed by atoms with Crippen LogP contribution in [-0.2, 0) is 4.79 Å². The van der Waals surface area contributed by atoms with Gasteiger partial charge in [-0.3, -0.25) is 14.7 Å². The van der Waals surface area contributed by atoms with Crippen LogP contribution >= 0.6 is 0 Å². The van der Waals surface area contributed by atoms with Crippen molar-refractivity contribution in [1.29, 1.82) is 0 Å². The van der Waals surface area contributed by atoms with Crippen molar-refractivity contribution in [2.75, 3.05) is 11.9 Å². The average molecular weight is 327 g/mol. The Hall–Kier alpha value is -3.16. The van der Waals surface area contributed by atoms with Crippen LogP contribution in [0, 0.1) is 6.92 Å². The molecule has 0 unspecified atom stereocenters. The van der Waals surface area contributed by atoms with Gasteiger partial charge in [0.25, 0.3) is 5.91 Å². The first-order valence-corrected chi connectivity index (χ1v) is 7.56. The van der Waals surface area contributed by atoms with Crippen LogP contribution in [0.3, 0.4) is 0 Å². The van der Waals surface area contributed by atoms with Crippen molar-refractivity contribution in [2.45, 2.75) is 19.8 Å². The van der Waals surface area contributed by atoms with Crippen molar-refractivity contribution >= 4 is 28.5 Å². The number of aromatic amines is 1. The third-order valence-electron chi connectivity index (χ3n) is 3.50. The van der Waals surface area contributed by atoms with E-state index in [1.165, 1.54) is 6.26 Å². The molecular weight excluding hydrogens is 310 g/mol. The molecule has 0 saturated carbocycles. The molecule has 3 N–H and O–H groups in total. The zero-order chi connectivity index (χ0) is 16.9. The van der Waals surface area contributed by atoms with Gasteiger partial charge in [-0.25, -0.2) is 4.98 Å². The molecule has 0 saturated heterocycles. The van der Waals surface area contributed by atoms with Gasteiger partial charge in [-0.05, 0) is 31.5 Å². The molecule has 24 heavy (non-hydrogen) atoms. The molecule has 0 aliphatic carbocycles. The van der Waals surface area contributed by atoms with Crippen LogP contribution in [0.15, 0.2) is 35.1 Å². The van der Waals surface area contributed by atoms with Gasteiger partial charge in [0.1, 0.15) is 0 Å². The summed E-state index contributed by atoms with van der Waals surface area (Å²) in [6, 6.07) is 5.07. The lowest BCUT2D eigenvalue weighted by atomic mass is 10.2. The summed E-state index contributed by atoms with van der Waals surface area (Å²) in [7, 11) is 0. The Morgan fingerprint density at radius 1 is 1.38 bits per heavy atom. The number of nitrogens with zero attached hydrogens (tertiary/aromatic N) is 2. The molecule has 0 radical (unpaired) electrons. The molecule has 0 bridgehead atoms. The van der Waals surface area contributed by atoms with Crippen LogP contribution in [-0.4, -0.2) is 33.5 Å². The third kappa shape index (κ3) is 3.60. The largest absolute Gasteiger partial charge is 0.459 e. The Morgan fingerprint density at radius 3 is 3.04 bits per heavy atom. The number of aromatic nitrogens is 3. The molecule has 0 aliphatic rings. The Labute approximate surface area is 137 Å². The topological polar surface area (TPSA) is 113 Å². The number of carbonyl (C=O) groups excluding carboxylic acids is 2. The molecule has 3 heterocycles. The molecule has 3 aromatic heterocycles.